The molecule has 0 amide bonds. The Morgan fingerprint density at radius 3 is 2.70 bits per heavy atom. The molecule has 5 rings (SSSR count). The Hall–Kier alpha value is -3.19. The van der Waals surface area contributed by atoms with E-state index in [4.69, 9.17) is 0 Å². The first kappa shape index (κ1) is 21.6. The maximum atomic E-state index is 9.36. The number of pyridine rings is 1. The summed E-state index contributed by atoms with van der Waals surface area (Å²) < 4.78 is 1.15. The summed E-state index contributed by atoms with van der Waals surface area (Å²) in [5.74, 6) is 0. The molecule has 0 saturated carbocycles. The summed E-state index contributed by atoms with van der Waals surface area (Å²) in [5.41, 5.74) is 7.84. The predicted molar refractivity (Wildman–Crippen MR) is 139 cm³/mol. The molecule has 1 atom stereocenters. The number of anilines is 2. The average molecular weight is 457 g/mol. The number of hydrogen-bond donors (Lipinski definition) is 4. The van der Waals surface area contributed by atoms with Crippen LogP contribution in [0.15, 0.2) is 66.9 Å². The second kappa shape index (κ2) is 9.35. The lowest BCUT2D eigenvalue weighted by Crippen LogP contribution is -2.31. The number of thiophene rings is 1. The Balaban J connectivity index is 1.38. The minimum atomic E-state index is 0.145. The van der Waals surface area contributed by atoms with Gasteiger partial charge in [0.25, 0.3) is 0 Å². The van der Waals surface area contributed by atoms with E-state index in [0.717, 1.165) is 45.8 Å². The number of aromatic amines is 1. The van der Waals surface area contributed by atoms with Crippen molar-refractivity contribution in [3.63, 3.8) is 0 Å². The molecule has 0 aliphatic heterocycles. The number of rotatable bonds is 8. The van der Waals surface area contributed by atoms with E-state index >= 15 is 0 Å². The van der Waals surface area contributed by atoms with Crippen LogP contribution in [0.4, 0.5) is 11.4 Å². The third kappa shape index (κ3) is 4.64. The molecule has 2 aromatic carbocycles. The Morgan fingerprint density at radius 2 is 1.91 bits per heavy atom. The maximum Gasteiger partial charge on any atom is 0.0837 e. The third-order valence-electron chi connectivity index (χ3n) is 5.99. The van der Waals surface area contributed by atoms with Crippen molar-refractivity contribution >= 4 is 43.8 Å². The minimum absolute atomic E-state index is 0.145. The molecule has 5 aromatic rings. The van der Waals surface area contributed by atoms with E-state index in [1.807, 2.05) is 12.3 Å². The third-order valence-corrected chi connectivity index (χ3v) is 7.20. The minimum Gasteiger partial charge on any atom is -0.395 e. The monoisotopic (exact) mass is 456 g/mol. The SMILES string of the molecule is CCC(CO)NCc1ccc(-c2cc3nccc(Nc4ccc5[nH]c(C)cc5c4)c3s2)cc1. The van der Waals surface area contributed by atoms with Crippen LogP contribution in [0, 0.1) is 6.92 Å². The van der Waals surface area contributed by atoms with Gasteiger partial charge < -0.3 is 20.7 Å². The first-order valence-corrected chi connectivity index (χ1v) is 12.1. The number of aryl methyl sites for hydroxylation is 1. The number of fused-ring (bicyclic) bond motifs is 2. The van der Waals surface area contributed by atoms with Gasteiger partial charge in [-0.1, -0.05) is 31.2 Å². The summed E-state index contributed by atoms with van der Waals surface area (Å²) in [6, 6.07) is 21.5. The van der Waals surface area contributed by atoms with Crippen LogP contribution in [-0.4, -0.2) is 27.7 Å². The number of aromatic nitrogens is 2. The lowest BCUT2D eigenvalue weighted by atomic mass is 10.1. The van der Waals surface area contributed by atoms with Gasteiger partial charge in [-0.3, -0.25) is 4.98 Å². The number of aliphatic hydroxyl groups excluding tert-OH is 1. The highest BCUT2D eigenvalue weighted by Gasteiger charge is 2.11. The molecule has 6 heteroatoms. The van der Waals surface area contributed by atoms with Crippen LogP contribution in [0.3, 0.4) is 0 Å². The summed E-state index contributed by atoms with van der Waals surface area (Å²) in [6.45, 7) is 5.08. The van der Waals surface area contributed by atoms with Crippen LogP contribution in [0.25, 0.3) is 31.6 Å². The number of H-pyrrole nitrogens is 1. The van der Waals surface area contributed by atoms with Crippen molar-refractivity contribution in [1.29, 1.82) is 0 Å². The van der Waals surface area contributed by atoms with Crippen LogP contribution in [0.1, 0.15) is 24.6 Å². The fourth-order valence-corrected chi connectivity index (χ4v) is 5.17. The molecule has 0 saturated heterocycles. The Labute approximate surface area is 197 Å². The fraction of sp³-hybridized carbons (Fsp3) is 0.222. The molecule has 0 fully saturated rings. The molecule has 0 aliphatic rings. The zero-order valence-electron chi connectivity index (χ0n) is 18.9. The molecule has 3 heterocycles. The summed E-state index contributed by atoms with van der Waals surface area (Å²) >= 11 is 1.76. The van der Waals surface area contributed by atoms with Gasteiger partial charge in [0.05, 0.1) is 22.5 Å². The second-order valence-corrected chi connectivity index (χ2v) is 9.48. The van der Waals surface area contributed by atoms with E-state index in [0.29, 0.717) is 0 Å². The molecule has 5 nitrogen and oxygen atoms in total. The number of benzene rings is 2. The molecule has 0 aliphatic carbocycles. The number of aliphatic hydroxyl groups is 1. The molecule has 1 unspecified atom stereocenters. The lowest BCUT2D eigenvalue weighted by Gasteiger charge is -2.13. The topological polar surface area (TPSA) is 73.0 Å². The van der Waals surface area contributed by atoms with Crippen molar-refractivity contribution in [2.75, 3.05) is 11.9 Å². The van der Waals surface area contributed by atoms with Crippen LogP contribution in [0.5, 0.6) is 0 Å². The molecular weight excluding hydrogens is 428 g/mol. The van der Waals surface area contributed by atoms with Gasteiger partial charge in [0.1, 0.15) is 0 Å². The van der Waals surface area contributed by atoms with Crippen LogP contribution in [-0.2, 0) is 6.54 Å². The van der Waals surface area contributed by atoms with E-state index < -0.39 is 0 Å². The van der Waals surface area contributed by atoms with Gasteiger partial charge in [0.2, 0.25) is 0 Å². The Kier molecular flexibility index (Phi) is 6.13. The van der Waals surface area contributed by atoms with Gasteiger partial charge in [-0.05, 0) is 60.9 Å². The number of nitrogens with zero attached hydrogens (tertiary/aromatic N) is 1. The van der Waals surface area contributed by atoms with Crippen LogP contribution < -0.4 is 10.6 Å². The Bertz CT molecular complexity index is 1380. The molecule has 0 spiro atoms. The summed E-state index contributed by atoms with van der Waals surface area (Å²) in [6.07, 6.45) is 2.78. The normalized spacial score (nSPS) is 12.5. The quantitative estimate of drug-likeness (QED) is 0.219. The van der Waals surface area contributed by atoms with Crippen molar-refractivity contribution < 1.29 is 5.11 Å². The van der Waals surface area contributed by atoms with Gasteiger partial charge in [-0.2, -0.15) is 0 Å². The molecule has 4 N–H and O–H groups in total. The van der Waals surface area contributed by atoms with Gasteiger partial charge in [-0.15, -0.1) is 11.3 Å². The standard InChI is InChI=1S/C27H28N4OS/c1-3-21(16-32)29-15-18-4-6-19(7-5-18)26-14-25-27(33-26)24(10-11-28-25)31-22-8-9-23-20(13-22)12-17(2)30-23/h4-14,21,29-30,32H,3,15-16H2,1-2H3,(H,28,31). The molecule has 3 aromatic heterocycles. The summed E-state index contributed by atoms with van der Waals surface area (Å²) in [5, 5.41) is 17.5. The zero-order valence-corrected chi connectivity index (χ0v) is 19.7. The van der Waals surface area contributed by atoms with Crippen molar-refractivity contribution in [3.8, 4) is 10.4 Å². The molecule has 33 heavy (non-hydrogen) atoms. The van der Waals surface area contributed by atoms with E-state index in [1.165, 1.54) is 21.4 Å². The largest absolute Gasteiger partial charge is 0.395 e. The van der Waals surface area contributed by atoms with Crippen molar-refractivity contribution in [3.05, 3.63) is 78.1 Å². The summed E-state index contributed by atoms with van der Waals surface area (Å²) in [7, 11) is 0. The predicted octanol–water partition coefficient (Wildman–Crippen LogP) is 6.36. The second-order valence-electron chi connectivity index (χ2n) is 8.43. The highest BCUT2D eigenvalue weighted by molar-refractivity contribution is 7.22. The molecule has 168 valence electrons. The summed E-state index contributed by atoms with van der Waals surface area (Å²) in [4.78, 5) is 9.17. The zero-order chi connectivity index (χ0) is 22.8. The van der Waals surface area contributed by atoms with Gasteiger partial charge >= 0.3 is 0 Å². The van der Waals surface area contributed by atoms with E-state index in [2.05, 4.69) is 89.0 Å². The van der Waals surface area contributed by atoms with Crippen LogP contribution in [0.2, 0.25) is 0 Å². The maximum absolute atomic E-state index is 9.36. The van der Waals surface area contributed by atoms with Gasteiger partial charge in [-0.25, -0.2) is 0 Å². The van der Waals surface area contributed by atoms with Gasteiger partial charge in [0.15, 0.2) is 0 Å². The van der Waals surface area contributed by atoms with Crippen molar-refractivity contribution in [2.45, 2.75) is 32.9 Å². The highest BCUT2D eigenvalue weighted by Crippen LogP contribution is 2.37. The Morgan fingerprint density at radius 1 is 1.06 bits per heavy atom. The fourth-order valence-electron chi connectivity index (χ4n) is 4.08. The lowest BCUT2D eigenvalue weighted by molar-refractivity contribution is 0.238. The first-order valence-electron chi connectivity index (χ1n) is 11.3. The van der Waals surface area contributed by atoms with Crippen molar-refractivity contribution in [2.24, 2.45) is 0 Å². The highest BCUT2D eigenvalue weighted by atomic mass is 32.1. The van der Waals surface area contributed by atoms with E-state index in [-0.39, 0.29) is 12.6 Å². The van der Waals surface area contributed by atoms with Crippen LogP contribution >= 0.6 is 11.3 Å². The number of hydrogen-bond acceptors (Lipinski definition) is 5. The molecule has 0 radical (unpaired) electrons. The van der Waals surface area contributed by atoms with Gasteiger partial charge in [0, 0.05) is 45.9 Å². The van der Waals surface area contributed by atoms with E-state index in [9.17, 15) is 5.11 Å². The van der Waals surface area contributed by atoms with Crippen molar-refractivity contribution in [1.82, 2.24) is 15.3 Å². The smallest absolute Gasteiger partial charge is 0.0837 e. The molecule has 0 bridgehead atoms. The average Bonchev–Trinajstić information content (AvgIpc) is 3.43. The van der Waals surface area contributed by atoms with E-state index in [1.54, 1.807) is 11.3 Å². The molecular formula is C27H28N4OS. The first-order chi connectivity index (χ1) is 16.1. The number of nitrogens with one attached hydrogen (secondary N) is 3.